The van der Waals surface area contributed by atoms with Gasteiger partial charge in [-0.05, 0) is 18.4 Å². The van der Waals surface area contributed by atoms with E-state index >= 15 is 0 Å². The molecule has 0 unspecified atom stereocenters. The van der Waals surface area contributed by atoms with Gasteiger partial charge in [-0.25, -0.2) is 4.98 Å². The molecule has 1 amide bonds. The van der Waals surface area contributed by atoms with Crippen LogP contribution in [0.2, 0.25) is 0 Å². The standard InChI is InChI=1S/C13H22N4O2/c1-9(2)3-5-19-6-4-16-13-11(12(15)18)7-10(14)8-17-13/h7-9H,3-6,14H2,1-2H3,(H2,15,18)(H,16,17). The van der Waals surface area contributed by atoms with Crippen LogP contribution in [0, 0.1) is 5.92 Å². The van der Waals surface area contributed by atoms with Crippen LogP contribution in [-0.4, -0.2) is 30.6 Å². The van der Waals surface area contributed by atoms with E-state index in [1.54, 1.807) is 0 Å². The first-order valence-electron chi connectivity index (χ1n) is 6.37. The van der Waals surface area contributed by atoms with Crippen LogP contribution in [-0.2, 0) is 4.74 Å². The minimum atomic E-state index is -0.553. The number of pyridine rings is 1. The van der Waals surface area contributed by atoms with E-state index in [4.69, 9.17) is 16.2 Å². The molecule has 0 aliphatic carbocycles. The van der Waals surface area contributed by atoms with E-state index in [1.165, 1.54) is 12.3 Å². The molecule has 6 heteroatoms. The van der Waals surface area contributed by atoms with E-state index in [2.05, 4.69) is 24.1 Å². The van der Waals surface area contributed by atoms with Crippen LogP contribution < -0.4 is 16.8 Å². The number of carbonyl (C=O) groups is 1. The van der Waals surface area contributed by atoms with Gasteiger partial charge in [-0.3, -0.25) is 4.79 Å². The summed E-state index contributed by atoms with van der Waals surface area (Å²) in [5.41, 5.74) is 11.5. The number of nitrogens with zero attached hydrogens (tertiary/aromatic N) is 1. The first-order valence-corrected chi connectivity index (χ1v) is 6.37. The van der Waals surface area contributed by atoms with E-state index in [0.717, 1.165) is 13.0 Å². The topological polar surface area (TPSA) is 103 Å². The van der Waals surface area contributed by atoms with E-state index < -0.39 is 5.91 Å². The fourth-order valence-electron chi connectivity index (χ4n) is 1.47. The molecule has 0 saturated carbocycles. The van der Waals surface area contributed by atoms with Crippen molar-refractivity contribution in [1.29, 1.82) is 0 Å². The van der Waals surface area contributed by atoms with Gasteiger partial charge in [0.05, 0.1) is 24.1 Å². The maximum Gasteiger partial charge on any atom is 0.252 e. The average molecular weight is 266 g/mol. The van der Waals surface area contributed by atoms with E-state index in [0.29, 0.717) is 36.1 Å². The number of hydrogen-bond acceptors (Lipinski definition) is 5. The predicted octanol–water partition coefficient (Wildman–Crippen LogP) is 1.24. The Morgan fingerprint density at radius 2 is 2.21 bits per heavy atom. The summed E-state index contributed by atoms with van der Waals surface area (Å²) in [6.45, 7) is 6.15. The van der Waals surface area contributed by atoms with Gasteiger partial charge in [0.2, 0.25) is 0 Å². The molecule has 0 spiro atoms. The number of nitrogen functional groups attached to an aromatic ring is 1. The van der Waals surface area contributed by atoms with Gasteiger partial charge >= 0.3 is 0 Å². The second-order valence-electron chi connectivity index (χ2n) is 4.75. The number of primary amides is 1. The third kappa shape index (κ3) is 5.56. The number of ether oxygens (including phenoxy) is 1. The molecular formula is C13H22N4O2. The molecule has 19 heavy (non-hydrogen) atoms. The number of rotatable bonds is 8. The van der Waals surface area contributed by atoms with Gasteiger partial charge in [-0.15, -0.1) is 0 Å². The molecule has 6 nitrogen and oxygen atoms in total. The smallest absolute Gasteiger partial charge is 0.252 e. The van der Waals surface area contributed by atoms with Gasteiger partial charge in [0.25, 0.3) is 5.91 Å². The zero-order valence-electron chi connectivity index (χ0n) is 11.5. The van der Waals surface area contributed by atoms with Crippen LogP contribution in [0.5, 0.6) is 0 Å². The molecule has 0 saturated heterocycles. The molecular weight excluding hydrogens is 244 g/mol. The van der Waals surface area contributed by atoms with Crippen LogP contribution in [0.25, 0.3) is 0 Å². The summed E-state index contributed by atoms with van der Waals surface area (Å²) in [5.74, 6) is 0.519. The van der Waals surface area contributed by atoms with Crippen LogP contribution in [0.3, 0.4) is 0 Å². The molecule has 1 heterocycles. The van der Waals surface area contributed by atoms with Crippen molar-refractivity contribution in [2.75, 3.05) is 30.8 Å². The Hall–Kier alpha value is -1.82. The van der Waals surface area contributed by atoms with Gasteiger partial charge in [-0.2, -0.15) is 0 Å². The molecule has 0 aliphatic heterocycles. The fraction of sp³-hybridized carbons (Fsp3) is 0.538. The third-order valence-electron chi connectivity index (χ3n) is 2.55. The van der Waals surface area contributed by atoms with Crippen molar-refractivity contribution in [1.82, 2.24) is 4.98 Å². The van der Waals surface area contributed by atoms with Crippen LogP contribution in [0.4, 0.5) is 11.5 Å². The van der Waals surface area contributed by atoms with Crippen molar-refractivity contribution in [3.63, 3.8) is 0 Å². The monoisotopic (exact) mass is 266 g/mol. The van der Waals surface area contributed by atoms with Gasteiger partial charge in [-0.1, -0.05) is 13.8 Å². The zero-order valence-corrected chi connectivity index (χ0v) is 11.5. The minimum absolute atomic E-state index is 0.294. The fourth-order valence-corrected chi connectivity index (χ4v) is 1.47. The highest BCUT2D eigenvalue weighted by Gasteiger charge is 2.09. The summed E-state index contributed by atoms with van der Waals surface area (Å²) < 4.78 is 5.46. The molecule has 0 aromatic carbocycles. The highest BCUT2D eigenvalue weighted by molar-refractivity contribution is 5.98. The number of aromatic nitrogens is 1. The van der Waals surface area contributed by atoms with Crippen molar-refractivity contribution in [3.05, 3.63) is 17.8 Å². The van der Waals surface area contributed by atoms with Gasteiger partial charge in [0.1, 0.15) is 5.82 Å². The summed E-state index contributed by atoms with van der Waals surface area (Å²) in [4.78, 5) is 15.3. The SMILES string of the molecule is CC(C)CCOCCNc1ncc(N)cc1C(N)=O. The Balaban J connectivity index is 2.39. The van der Waals surface area contributed by atoms with Crippen molar-refractivity contribution < 1.29 is 9.53 Å². The summed E-state index contributed by atoms with van der Waals surface area (Å²) in [7, 11) is 0. The first kappa shape index (κ1) is 15.2. The van der Waals surface area contributed by atoms with Gasteiger partial charge in [0, 0.05) is 13.2 Å². The first-order chi connectivity index (χ1) is 9.00. The Labute approximate surface area is 113 Å². The molecule has 106 valence electrons. The lowest BCUT2D eigenvalue weighted by Gasteiger charge is -2.10. The summed E-state index contributed by atoms with van der Waals surface area (Å²) in [5, 5.41) is 3.02. The highest BCUT2D eigenvalue weighted by Crippen LogP contribution is 2.14. The second-order valence-corrected chi connectivity index (χ2v) is 4.75. The van der Waals surface area contributed by atoms with E-state index in [-0.39, 0.29) is 0 Å². The van der Waals surface area contributed by atoms with Crippen molar-refractivity contribution >= 4 is 17.4 Å². The summed E-state index contributed by atoms with van der Waals surface area (Å²) >= 11 is 0. The lowest BCUT2D eigenvalue weighted by atomic mass is 10.1. The van der Waals surface area contributed by atoms with E-state index in [9.17, 15) is 4.79 Å². The quantitative estimate of drug-likeness (QED) is 0.614. The molecule has 0 bridgehead atoms. The van der Waals surface area contributed by atoms with Crippen molar-refractivity contribution in [2.45, 2.75) is 20.3 Å². The van der Waals surface area contributed by atoms with Crippen molar-refractivity contribution in [2.24, 2.45) is 11.7 Å². The van der Waals surface area contributed by atoms with Crippen LogP contribution >= 0.6 is 0 Å². The molecule has 0 fully saturated rings. The molecule has 0 atom stereocenters. The van der Waals surface area contributed by atoms with Crippen LogP contribution in [0.15, 0.2) is 12.3 Å². The molecule has 0 aliphatic rings. The summed E-state index contributed by atoms with van der Waals surface area (Å²) in [6, 6.07) is 1.51. The minimum Gasteiger partial charge on any atom is -0.397 e. The normalized spacial score (nSPS) is 10.7. The molecule has 1 aromatic rings. The average Bonchev–Trinajstić information content (AvgIpc) is 2.34. The van der Waals surface area contributed by atoms with Crippen LogP contribution in [0.1, 0.15) is 30.6 Å². The Kier molecular flexibility index (Phi) is 6.08. The lowest BCUT2D eigenvalue weighted by Crippen LogP contribution is -2.18. The van der Waals surface area contributed by atoms with Crippen molar-refractivity contribution in [3.8, 4) is 0 Å². The Bertz CT molecular complexity index is 421. The Morgan fingerprint density at radius 1 is 1.47 bits per heavy atom. The number of nitrogens with one attached hydrogen (secondary N) is 1. The summed E-state index contributed by atoms with van der Waals surface area (Å²) in [6.07, 6.45) is 2.51. The number of hydrogen-bond donors (Lipinski definition) is 3. The molecule has 1 rings (SSSR count). The Morgan fingerprint density at radius 3 is 2.84 bits per heavy atom. The lowest BCUT2D eigenvalue weighted by molar-refractivity contribution is 0.100. The highest BCUT2D eigenvalue weighted by atomic mass is 16.5. The third-order valence-corrected chi connectivity index (χ3v) is 2.55. The van der Waals surface area contributed by atoms with Gasteiger partial charge in [0.15, 0.2) is 0 Å². The largest absolute Gasteiger partial charge is 0.397 e. The maximum atomic E-state index is 11.2. The maximum absolute atomic E-state index is 11.2. The zero-order chi connectivity index (χ0) is 14.3. The number of anilines is 2. The second kappa shape index (κ2) is 7.58. The number of carbonyl (C=O) groups excluding carboxylic acids is 1. The van der Waals surface area contributed by atoms with E-state index in [1.807, 2.05) is 0 Å². The molecule has 1 aromatic heterocycles. The number of amides is 1. The number of nitrogens with two attached hydrogens (primary N) is 2. The van der Waals surface area contributed by atoms with Gasteiger partial charge < -0.3 is 21.5 Å². The molecule has 5 N–H and O–H groups in total. The molecule has 0 radical (unpaired) electrons. The predicted molar refractivity (Wildman–Crippen MR) is 75.9 cm³/mol.